The zero-order valence-corrected chi connectivity index (χ0v) is 14.1. The van der Waals surface area contributed by atoms with E-state index < -0.39 is 6.09 Å². The number of amides is 1. The number of aromatic amines is 1. The number of nitrogens with one attached hydrogen (secondary N) is 3. The van der Waals surface area contributed by atoms with Crippen molar-refractivity contribution in [2.45, 2.75) is 31.3 Å². The molecule has 1 amide bonds. The molecule has 2 aromatic heterocycles. The second-order valence-corrected chi connectivity index (χ2v) is 6.23. The summed E-state index contributed by atoms with van der Waals surface area (Å²) in [5.41, 5.74) is 1.03. The number of nitrogens with zero attached hydrogens (tertiary/aromatic N) is 2. The van der Waals surface area contributed by atoms with E-state index in [-0.39, 0.29) is 25.2 Å². The summed E-state index contributed by atoms with van der Waals surface area (Å²) in [5, 5.41) is 13.2. The van der Waals surface area contributed by atoms with Gasteiger partial charge in [-0.3, -0.25) is 5.10 Å². The van der Waals surface area contributed by atoms with Gasteiger partial charge in [0.2, 0.25) is 5.88 Å². The number of hydrogen-bond donors (Lipinski definition) is 3. The SMILES string of the molecule is O=C1NCC#CCOc2cccc(n2)Nc2cc([nH]n2)[C@H]2CC[C@H](C2)O1. The molecule has 0 aromatic carbocycles. The number of hydrogen-bond acceptors (Lipinski definition) is 6. The maximum Gasteiger partial charge on any atom is 0.408 e. The zero-order valence-electron chi connectivity index (χ0n) is 14.1. The minimum atomic E-state index is -0.437. The number of carbonyl (C=O) groups is 1. The minimum absolute atomic E-state index is 0.0896. The van der Waals surface area contributed by atoms with Crippen molar-refractivity contribution in [3.63, 3.8) is 0 Å². The van der Waals surface area contributed by atoms with Gasteiger partial charge in [-0.1, -0.05) is 17.9 Å². The van der Waals surface area contributed by atoms with Crippen LogP contribution in [-0.4, -0.2) is 40.5 Å². The van der Waals surface area contributed by atoms with Gasteiger partial charge in [0, 0.05) is 23.7 Å². The Morgan fingerprint density at radius 2 is 2.15 bits per heavy atom. The van der Waals surface area contributed by atoms with E-state index in [0.717, 1.165) is 25.0 Å². The van der Waals surface area contributed by atoms with E-state index in [9.17, 15) is 4.79 Å². The Morgan fingerprint density at radius 3 is 3.12 bits per heavy atom. The first-order chi connectivity index (χ1) is 12.8. The summed E-state index contributed by atoms with van der Waals surface area (Å²) in [5.74, 6) is 7.75. The van der Waals surface area contributed by atoms with Crippen LogP contribution in [0.5, 0.6) is 5.88 Å². The van der Waals surface area contributed by atoms with Crippen LogP contribution in [-0.2, 0) is 4.74 Å². The third-order valence-electron chi connectivity index (χ3n) is 4.41. The van der Waals surface area contributed by atoms with Crippen molar-refractivity contribution >= 4 is 17.7 Å². The third kappa shape index (κ3) is 3.88. The molecule has 1 aliphatic heterocycles. The minimum Gasteiger partial charge on any atom is -0.464 e. The first-order valence-electron chi connectivity index (χ1n) is 8.58. The first kappa shape index (κ1) is 16.3. The topological polar surface area (TPSA) is 101 Å². The lowest BCUT2D eigenvalue weighted by Crippen LogP contribution is -2.28. The number of fused-ring (bicyclic) bond motifs is 7. The van der Waals surface area contributed by atoms with Crippen molar-refractivity contribution in [3.8, 4) is 17.7 Å². The first-order valence-corrected chi connectivity index (χ1v) is 8.58. The summed E-state index contributed by atoms with van der Waals surface area (Å²) in [6, 6.07) is 7.43. The quantitative estimate of drug-likeness (QED) is 0.628. The number of alkyl carbamates (subject to hydrolysis) is 1. The standard InChI is InChI=1S/C18H19N5O3/c24-18-19-8-1-2-9-25-17-5-3-4-15(21-17)20-16-11-14(22-23-16)12-6-7-13(10-12)26-18/h3-5,11-13H,6-10H2,(H,19,24)(H2,20,21,22,23)/t12-,13+/m0/s1. The molecule has 6 bridgehead atoms. The summed E-state index contributed by atoms with van der Waals surface area (Å²) in [6.07, 6.45) is 2.04. The maximum atomic E-state index is 11.8. The Balaban J connectivity index is 1.55. The van der Waals surface area contributed by atoms with Gasteiger partial charge in [0.05, 0.1) is 6.54 Å². The number of H-pyrrole nitrogens is 1. The number of carbonyl (C=O) groups excluding carboxylic acids is 1. The number of ether oxygens (including phenoxy) is 2. The van der Waals surface area contributed by atoms with Gasteiger partial charge in [0.1, 0.15) is 11.9 Å². The molecule has 0 saturated heterocycles. The van der Waals surface area contributed by atoms with Gasteiger partial charge < -0.3 is 20.1 Å². The Hall–Kier alpha value is -3.21. The summed E-state index contributed by atoms with van der Waals surface area (Å²) in [7, 11) is 0. The van der Waals surface area contributed by atoms with Crippen LogP contribution in [0, 0.1) is 11.8 Å². The summed E-state index contributed by atoms with van der Waals surface area (Å²) in [4.78, 5) is 16.2. The highest BCUT2D eigenvalue weighted by Crippen LogP contribution is 2.36. The van der Waals surface area contributed by atoms with E-state index >= 15 is 0 Å². The van der Waals surface area contributed by atoms with Crippen molar-refractivity contribution in [1.29, 1.82) is 0 Å². The average molecular weight is 353 g/mol. The van der Waals surface area contributed by atoms with Gasteiger partial charge in [0.25, 0.3) is 0 Å². The second-order valence-electron chi connectivity index (χ2n) is 6.23. The molecule has 8 nitrogen and oxygen atoms in total. The second kappa shape index (κ2) is 7.35. The predicted octanol–water partition coefficient (Wildman–Crippen LogP) is 2.31. The molecule has 26 heavy (non-hydrogen) atoms. The molecule has 2 aromatic rings. The molecule has 3 N–H and O–H groups in total. The van der Waals surface area contributed by atoms with Gasteiger partial charge in [-0.25, -0.2) is 4.79 Å². The van der Waals surface area contributed by atoms with Crippen LogP contribution < -0.4 is 15.4 Å². The van der Waals surface area contributed by atoms with Crippen molar-refractivity contribution in [2.75, 3.05) is 18.5 Å². The molecular formula is C18H19N5O3. The van der Waals surface area contributed by atoms with Crippen molar-refractivity contribution < 1.29 is 14.3 Å². The van der Waals surface area contributed by atoms with Crippen LogP contribution >= 0.6 is 0 Å². The molecule has 2 atom stereocenters. The number of aromatic nitrogens is 3. The van der Waals surface area contributed by atoms with Crippen molar-refractivity contribution in [1.82, 2.24) is 20.5 Å². The van der Waals surface area contributed by atoms with Gasteiger partial charge >= 0.3 is 6.09 Å². The van der Waals surface area contributed by atoms with Crippen LogP contribution in [0.1, 0.15) is 30.9 Å². The van der Waals surface area contributed by atoms with Gasteiger partial charge in [-0.15, -0.1) is 0 Å². The van der Waals surface area contributed by atoms with Crippen LogP contribution in [0.15, 0.2) is 24.3 Å². The summed E-state index contributed by atoms with van der Waals surface area (Å²) < 4.78 is 11.0. The molecule has 8 heteroatoms. The van der Waals surface area contributed by atoms with Crippen LogP contribution in [0.25, 0.3) is 0 Å². The lowest BCUT2D eigenvalue weighted by molar-refractivity contribution is 0.101. The number of pyridine rings is 1. The predicted molar refractivity (Wildman–Crippen MR) is 94.2 cm³/mol. The van der Waals surface area contributed by atoms with Crippen molar-refractivity contribution in [3.05, 3.63) is 30.0 Å². The van der Waals surface area contributed by atoms with E-state index in [0.29, 0.717) is 17.5 Å². The number of rotatable bonds is 0. The third-order valence-corrected chi connectivity index (χ3v) is 4.41. The average Bonchev–Trinajstić information content (AvgIpc) is 3.27. The molecule has 0 spiro atoms. The fraction of sp³-hybridized carbons (Fsp3) is 0.389. The van der Waals surface area contributed by atoms with Gasteiger partial charge in [-0.2, -0.15) is 10.1 Å². The fourth-order valence-electron chi connectivity index (χ4n) is 3.17. The zero-order chi connectivity index (χ0) is 17.8. The Bertz CT molecular complexity index is 854. The lowest BCUT2D eigenvalue weighted by Gasteiger charge is -2.12. The Kier molecular flexibility index (Phi) is 4.60. The van der Waals surface area contributed by atoms with E-state index in [4.69, 9.17) is 9.47 Å². The van der Waals surface area contributed by atoms with Gasteiger partial charge in [0.15, 0.2) is 12.4 Å². The molecule has 1 saturated carbocycles. The molecular weight excluding hydrogens is 334 g/mol. The Morgan fingerprint density at radius 1 is 1.19 bits per heavy atom. The van der Waals surface area contributed by atoms with Crippen LogP contribution in [0.2, 0.25) is 0 Å². The van der Waals surface area contributed by atoms with E-state index in [1.54, 1.807) is 6.07 Å². The summed E-state index contributed by atoms with van der Waals surface area (Å²) >= 11 is 0. The number of anilines is 2. The van der Waals surface area contributed by atoms with Crippen LogP contribution in [0.3, 0.4) is 0 Å². The molecule has 0 radical (unpaired) electrons. The van der Waals surface area contributed by atoms with E-state index in [1.165, 1.54) is 0 Å². The van der Waals surface area contributed by atoms with Gasteiger partial charge in [-0.05, 0) is 25.3 Å². The highest BCUT2D eigenvalue weighted by molar-refractivity contribution is 5.67. The molecule has 4 rings (SSSR count). The van der Waals surface area contributed by atoms with E-state index in [1.807, 2.05) is 18.2 Å². The molecule has 1 fully saturated rings. The highest BCUT2D eigenvalue weighted by Gasteiger charge is 2.29. The summed E-state index contributed by atoms with van der Waals surface area (Å²) in [6.45, 7) is 0.404. The largest absolute Gasteiger partial charge is 0.464 e. The molecule has 1 aliphatic carbocycles. The maximum absolute atomic E-state index is 11.8. The smallest absolute Gasteiger partial charge is 0.408 e. The molecule has 0 unspecified atom stereocenters. The van der Waals surface area contributed by atoms with E-state index in [2.05, 4.69) is 37.7 Å². The monoisotopic (exact) mass is 353 g/mol. The Labute approximate surface area is 150 Å². The lowest BCUT2D eigenvalue weighted by atomic mass is 10.0. The van der Waals surface area contributed by atoms with Crippen molar-refractivity contribution in [2.24, 2.45) is 0 Å². The highest BCUT2D eigenvalue weighted by atomic mass is 16.6. The van der Waals surface area contributed by atoms with Crippen LogP contribution in [0.4, 0.5) is 16.4 Å². The molecule has 2 aliphatic rings. The molecule has 134 valence electrons. The molecule has 3 heterocycles. The fourth-order valence-corrected chi connectivity index (χ4v) is 3.17. The normalized spacial score (nSPS) is 22.4.